The van der Waals surface area contributed by atoms with Crippen molar-refractivity contribution in [3.8, 4) is 0 Å². The fraction of sp³-hybridized carbons (Fsp3) is 1.00. The van der Waals surface area contributed by atoms with Crippen molar-refractivity contribution in [3.63, 3.8) is 0 Å². The molecule has 1 aliphatic rings. The molecule has 2 N–H and O–H groups in total. The topological polar surface area (TPSA) is 70.1 Å². The average molecular weight is 122 g/mol. The van der Waals surface area contributed by atoms with Gasteiger partial charge in [-0.15, -0.1) is 0 Å². The molecule has 42 valence electrons. The first-order valence-corrected chi connectivity index (χ1v) is 3.03. The Labute approximate surface area is 42.3 Å². The standard InChI is InChI=1S/C2H4O.H2O3Si/c1-2-3-1;1-4(2)3/h1-2H2;1-2H. The summed E-state index contributed by atoms with van der Waals surface area (Å²) in [4.78, 5) is 14.3. The molecule has 0 radical (unpaired) electrons. The van der Waals surface area contributed by atoms with E-state index in [2.05, 4.69) is 4.74 Å². The smallest absolute Gasteiger partial charge is 0.511 e. The van der Waals surface area contributed by atoms with E-state index in [-0.39, 0.29) is 0 Å². The Hall–Kier alpha value is -0.423. The van der Waals surface area contributed by atoms with E-state index >= 15 is 0 Å². The lowest BCUT2D eigenvalue weighted by atomic mass is 11.0. The molecule has 7 heavy (non-hydrogen) atoms. The van der Waals surface area contributed by atoms with Crippen molar-refractivity contribution < 1.29 is 18.8 Å². The van der Waals surface area contributed by atoms with E-state index in [0.717, 1.165) is 13.2 Å². The third kappa shape index (κ3) is 214. The van der Waals surface area contributed by atoms with E-state index in [4.69, 9.17) is 14.1 Å². The van der Waals surface area contributed by atoms with Gasteiger partial charge in [-0.25, -0.2) is 0 Å². The van der Waals surface area contributed by atoms with Crippen LogP contribution in [0.4, 0.5) is 0 Å². The highest BCUT2D eigenvalue weighted by atomic mass is 28.3. The fourth-order valence-electron chi connectivity index (χ4n) is 0. The van der Waals surface area contributed by atoms with Crippen molar-refractivity contribution in [2.75, 3.05) is 13.2 Å². The van der Waals surface area contributed by atoms with Crippen LogP contribution in [0.3, 0.4) is 0 Å². The van der Waals surface area contributed by atoms with E-state index in [1.165, 1.54) is 0 Å². The van der Waals surface area contributed by atoms with Gasteiger partial charge in [0, 0.05) is 0 Å². The van der Waals surface area contributed by atoms with Crippen molar-refractivity contribution in [2.24, 2.45) is 0 Å². The molecule has 0 aromatic heterocycles. The second-order valence-corrected chi connectivity index (χ2v) is 1.46. The van der Waals surface area contributed by atoms with Crippen LogP contribution in [0.25, 0.3) is 0 Å². The molecule has 1 rings (SSSR count). The largest absolute Gasteiger partial charge is 0.761 e. The van der Waals surface area contributed by atoms with E-state index in [0.29, 0.717) is 0 Å². The summed E-state index contributed by atoms with van der Waals surface area (Å²) in [5, 5.41) is 0. The maximum Gasteiger partial charge on any atom is 0.761 e. The van der Waals surface area contributed by atoms with Crippen LogP contribution in [-0.4, -0.2) is 32.0 Å². The van der Waals surface area contributed by atoms with Gasteiger partial charge in [0.25, 0.3) is 0 Å². The van der Waals surface area contributed by atoms with E-state index in [1.807, 2.05) is 0 Å². The third-order valence-corrected chi connectivity index (χ3v) is 0.204. The summed E-state index contributed by atoms with van der Waals surface area (Å²) < 4.78 is 13.2. The summed E-state index contributed by atoms with van der Waals surface area (Å²) in [6, 6.07) is 0. The molecule has 0 aliphatic carbocycles. The molecule has 1 fully saturated rings. The average Bonchev–Trinajstić information content (AvgIpc) is 2.02. The van der Waals surface area contributed by atoms with Gasteiger partial charge in [0.15, 0.2) is 0 Å². The summed E-state index contributed by atoms with van der Waals surface area (Å²) >= 11 is 0. The van der Waals surface area contributed by atoms with Gasteiger partial charge in [0.05, 0.1) is 13.2 Å². The van der Waals surface area contributed by atoms with Crippen LogP contribution in [0.15, 0.2) is 0 Å². The first-order chi connectivity index (χ1) is 3.23. The third-order valence-electron chi connectivity index (χ3n) is 0.204. The molecule has 4 nitrogen and oxygen atoms in total. The molecular weight excluding hydrogens is 116 g/mol. The molecule has 1 aliphatic heterocycles. The zero-order valence-electron chi connectivity index (χ0n) is 3.63. The molecule has 0 spiro atoms. The Bertz CT molecular complexity index is 54.0. The maximum atomic E-state index is 8.74. The van der Waals surface area contributed by atoms with Gasteiger partial charge >= 0.3 is 9.17 Å². The predicted octanol–water partition coefficient (Wildman–Crippen LogP) is -1.60. The Morgan fingerprint density at radius 1 is 1.43 bits per heavy atom. The van der Waals surface area contributed by atoms with Crippen LogP contribution >= 0.6 is 0 Å². The molecule has 5 heteroatoms. The molecule has 0 unspecified atom stereocenters. The van der Waals surface area contributed by atoms with Crippen molar-refractivity contribution >= 4 is 9.17 Å². The van der Waals surface area contributed by atoms with E-state index in [1.54, 1.807) is 0 Å². The Balaban J connectivity index is 0.000000105. The SMILES string of the molecule is C1CO1.O=[Si](O)O. The maximum absolute atomic E-state index is 8.74. The molecule has 1 saturated heterocycles. The lowest BCUT2D eigenvalue weighted by Crippen LogP contribution is -1.90. The molecule has 0 amide bonds. The van der Waals surface area contributed by atoms with Crippen LogP contribution in [-0.2, 0) is 9.20 Å². The normalized spacial score (nSPS) is 13.7. The first-order valence-electron chi connectivity index (χ1n) is 1.73. The predicted molar refractivity (Wildman–Crippen MR) is 21.7 cm³/mol. The molecular formula is C2H6O4Si. The summed E-state index contributed by atoms with van der Waals surface area (Å²) in [5.74, 6) is 0. The van der Waals surface area contributed by atoms with Crippen molar-refractivity contribution in [2.45, 2.75) is 0 Å². The summed E-state index contributed by atoms with van der Waals surface area (Å²) in [5.41, 5.74) is 0. The zero-order chi connectivity index (χ0) is 5.70. The second-order valence-electron chi connectivity index (χ2n) is 0.895. The van der Waals surface area contributed by atoms with Crippen molar-refractivity contribution in [3.05, 3.63) is 0 Å². The number of hydrogen-bond donors (Lipinski definition) is 2. The Morgan fingerprint density at radius 2 is 1.57 bits per heavy atom. The quantitative estimate of drug-likeness (QED) is 0.300. The Kier molecular flexibility index (Phi) is 3.53. The minimum atomic E-state index is -3.13. The molecule has 0 aromatic rings. The van der Waals surface area contributed by atoms with Gasteiger partial charge in [0.2, 0.25) is 0 Å². The minimum Gasteiger partial charge on any atom is -0.511 e. The highest BCUT2D eigenvalue weighted by molar-refractivity contribution is 6.22. The van der Waals surface area contributed by atoms with Gasteiger partial charge in [-0.3, -0.25) is 4.46 Å². The van der Waals surface area contributed by atoms with Gasteiger partial charge < -0.3 is 14.3 Å². The molecule has 0 saturated carbocycles. The minimum absolute atomic E-state index is 1.00. The molecule has 0 atom stereocenters. The second kappa shape index (κ2) is 3.76. The summed E-state index contributed by atoms with van der Waals surface area (Å²) in [6.45, 7) is 2.00. The first kappa shape index (κ1) is 6.58. The van der Waals surface area contributed by atoms with E-state index in [9.17, 15) is 0 Å². The molecule has 0 bridgehead atoms. The van der Waals surface area contributed by atoms with E-state index < -0.39 is 9.17 Å². The highest BCUT2D eigenvalue weighted by Crippen LogP contribution is 1.84. The zero-order valence-corrected chi connectivity index (χ0v) is 4.63. The van der Waals surface area contributed by atoms with Gasteiger partial charge in [0.1, 0.15) is 0 Å². The lowest BCUT2D eigenvalue weighted by molar-refractivity contribution is 0.330. The van der Waals surface area contributed by atoms with Crippen LogP contribution < -0.4 is 0 Å². The summed E-state index contributed by atoms with van der Waals surface area (Å²) in [7, 11) is -3.13. The van der Waals surface area contributed by atoms with Gasteiger partial charge in [-0.05, 0) is 0 Å². The lowest BCUT2D eigenvalue weighted by Gasteiger charge is -1.55. The Morgan fingerprint density at radius 3 is 1.57 bits per heavy atom. The highest BCUT2D eigenvalue weighted by Gasteiger charge is 1.94. The van der Waals surface area contributed by atoms with Crippen LogP contribution in [0, 0.1) is 0 Å². The van der Waals surface area contributed by atoms with Gasteiger partial charge in [-0.1, -0.05) is 0 Å². The number of epoxide rings is 1. The van der Waals surface area contributed by atoms with Gasteiger partial charge in [-0.2, -0.15) is 0 Å². The van der Waals surface area contributed by atoms with Crippen LogP contribution in [0.1, 0.15) is 0 Å². The van der Waals surface area contributed by atoms with Crippen molar-refractivity contribution in [1.29, 1.82) is 0 Å². The monoisotopic (exact) mass is 122 g/mol. The van der Waals surface area contributed by atoms with Crippen molar-refractivity contribution in [1.82, 2.24) is 0 Å². The fourth-order valence-corrected chi connectivity index (χ4v) is 0. The number of rotatable bonds is 0. The molecule has 1 heterocycles. The van der Waals surface area contributed by atoms with Crippen LogP contribution in [0.2, 0.25) is 0 Å². The number of ether oxygens (including phenoxy) is 1. The summed E-state index contributed by atoms with van der Waals surface area (Å²) in [6.07, 6.45) is 0. The van der Waals surface area contributed by atoms with Crippen LogP contribution in [0.5, 0.6) is 0 Å². The molecule has 0 aromatic carbocycles. The number of hydrogen-bond acceptors (Lipinski definition) is 2.